The number of benzene rings is 3. The molecule has 0 atom stereocenters. The van der Waals surface area contributed by atoms with Crippen molar-refractivity contribution >= 4 is 46.3 Å². The number of nitrogens with zero attached hydrogens (tertiary/aromatic N) is 1. The first-order valence-corrected chi connectivity index (χ1v) is 12.4. The van der Waals surface area contributed by atoms with Crippen LogP contribution in [0.2, 0.25) is 0 Å². The third kappa shape index (κ3) is 7.84. The number of aryl methyl sites for hydroxylation is 1. The summed E-state index contributed by atoms with van der Waals surface area (Å²) in [6.07, 6.45) is 1.50. The molecule has 0 saturated heterocycles. The number of methoxy groups -OCH3 is 2. The molecule has 194 valence electrons. The molecule has 10 heteroatoms. The molecule has 9 nitrogen and oxygen atoms in total. The Balaban J connectivity index is 1.66. The highest BCUT2D eigenvalue weighted by atomic mass is 127. The van der Waals surface area contributed by atoms with Gasteiger partial charge < -0.3 is 24.3 Å². The van der Waals surface area contributed by atoms with E-state index in [-0.39, 0.29) is 12.5 Å². The Labute approximate surface area is 229 Å². The van der Waals surface area contributed by atoms with Gasteiger partial charge in [0.25, 0.3) is 11.8 Å². The topological polar surface area (TPSA) is 107 Å². The van der Waals surface area contributed by atoms with Gasteiger partial charge in [0.05, 0.1) is 30.6 Å². The maximum absolute atomic E-state index is 12.5. The lowest BCUT2D eigenvalue weighted by Crippen LogP contribution is -2.20. The van der Waals surface area contributed by atoms with Crippen molar-refractivity contribution in [2.45, 2.75) is 13.8 Å². The molecule has 0 saturated carbocycles. The number of hydrazone groups is 1. The van der Waals surface area contributed by atoms with Crippen LogP contribution in [0.5, 0.6) is 23.0 Å². The fourth-order valence-corrected chi connectivity index (χ4v) is 4.03. The third-order valence-corrected chi connectivity index (χ3v) is 5.84. The summed E-state index contributed by atoms with van der Waals surface area (Å²) in [6, 6.07) is 15.9. The van der Waals surface area contributed by atoms with Crippen molar-refractivity contribution in [2.24, 2.45) is 5.10 Å². The standard InChI is InChI=1S/C27H28IN3O6/c1-5-36-24-13-18(15-29-31-27(33)19-8-11-22(34-3)23(14-19)35-4)12-21(28)26(24)37-16-25(32)30-20-9-6-17(2)7-10-20/h6-15H,5,16H2,1-4H3,(H,30,32)(H,31,33)/b29-15+. The van der Waals surface area contributed by atoms with E-state index in [1.807, 2.05) is 44.2 Å². The summed E-state index contributed by atoms with van der Waals surface area (Å²) in [4.78, 5) is 24.8. The largest absolute Gasteiger partial charge is 0.493 e. The van der Waals surface area contributed by atoms with Gasteiger partial charge in [-0.1, -0.05) is 17.7 Å². The summed E-state index contributed by atoms with van der Waals surface area (Å²) in [7, 11) is 3.02. The summed E-state index contributed by atoms with van der Waals surface area (Å²) in [5, 5.41) is 6.86. The zero-order chi connectivity index (χ0) is 26.8. The van der Waals surface area contributed by atoms with Gasteiger partial charge in [0, 0.05) is 11.3 Å². The highest BCUT2D eigenvalue weighted by molar-refractivity contribution is 14.1. The number of halogens is 1. The zero-order valence-corrected chi connectivity index (χ0v) is 23.1. The quantitative estimate of drug-likeness (QED) is 0.182. The number of rotatable bonds is 11. The van der Waals surface area contributed by atoms with Crippen molar-refractivity contribution in [2.75, 3.05) is 32.8 Å². The Kier molecular flexibility index (Phi) is 10.1. The van der Waals surface area contributed by atoms with Crippen LogP contribution in [0.3, 0.4) is 0 Å². The van der Waals surface area contributed by atoms with Crippen LogP contribution in [0.4, 0.5) is 5.69 Å². The molecule has 2 amide bonds. The molecule has 3 aromatic rings. The first-order valence-electron chi connectivity index (χ1n) is 11.4. The van der Waals surface area contributed by atoms with E-state index in [2.05, 4.69) is 38.4 Å². The Morgan fingerprint density at radius 2 is 1.68 bits per heavy atom. The maximum Gasteiger partial charge on any atom is 0.271 e. The van der Waals surface area contributed by atoms with E-state index >= 15 is 0 Å². The van der Waals surface area contributed by atoms with E-state index in [1.165, 1.54) is 20.4 Å². The zero-order valence-electron chi connectivity index (χ0n) is 21.0. The summed E-state index contributed by atoms with van der Waals surface area (Å²) < 4.78 is 22.7. The van der Waals surface area contributed by atoms with E-state index < -0.39 is 5.91 Å². The lowest BCUT2D eigenvalue weighted by Gasteiger charge is -2.14. The van der Waals surface area contributed by atoms with Gasteiger partial charge in [0.2, 0.25) is 0 Å². The van der Waals surface area contributed by atoms with Crippen molar-refractivity contribution in [1.82, 2.24) is 5.43 Å². The molecular formula is C27H28IN3O6. The van der Waals surface area contributed by atoms with Gasteiger partial charge in [-0.25, -0.2) is 5.43 Å². The fraction of sp³-hybridized carbons (Fsp3) is 0.222. The number of amides is 2. The second-order valence-electron chi connectivity index (χ2n) is 7.73. The highest BCUT2D eigenvalue weighted by Crippen LogP contribution is 2.34. The molecule has 0 aliphatic heterocycles. The van der Waals surface area contributed by atoms with E-state index in [0.29, 0.717) is 46.4 Å². The van der Waals surface area contributed by atoms with E-state index in [1.54, 1.807) is 24.3 Å². The van der Waals surface area contributed by atoms with Gasteiger partial charge in [0.15, 0.2) is 29.6 Å². The minimum Gasteiger partial charge on any atom is -0.493 e. The highest BCUT2D eigenvalue weighted by Gasteiger charge is 2.14. The summed E-state index contributed by atoms with van der Waals surface area (Å²) in [5.41, 5.74) is 5.34. The van der Waals surface area contributed by atoms with E-state index in [9.17, 15) is 9.59 Å². The number of nitrogens with one attached hydrogen (secondary N) is 2. The number of hydrogen-bond acceptors (Lipinski definition) is 7. The van der Waals surface area contributed by atoms with Crippen LogP contribution in [0, 0.1) is 10.5 Å². The number of anilines is 1. The Morgan fingerprint density at radius 1 is 0.946 bits per heavy atom. The Morgan fingerprint density at radius 3 is 2.35 bits per heavy atom. The third-order valence-electron chi connectivity index (χ3n) is 5.04. The van der Waals surface area contributed by atoms with Crippen LogP contribution in [0.15, 0.2) is 59.7 Å². The lowest BCUT2D eigenvalue weighted by atomic mass is 10.2. The Bertz CT molecular complexity index is 1280. The molecule has 0 aromatic heterocycles. The number of hydrogen-bond donors (Lipinski definition) is 2. The van der Waals surface area contributed by atoms with Crippen LogP contribution in [0.1, 0.15) is 28.4 Å². The van der Waals surface area contributed by atoms with Crippen molar-refractivity contribution < 1.29 is 28.5 Å². The SMILES string of the molecule is CCOc1cc(/C=N/NC(=O)c2ccc(OC)c(OC)c2)cc(I)c1OCC(=O)Nc1ccc(C)cc1. The smallest absolute Gasteiger partial charge is 0.271 e. The van der Waals surface area contributed by atoms with Crippen LogP contribution in [0.25, 0.3) is 0 Å². The average Bonchev–Trinajstić information content (AvgIpc) is 2.89. The van der Waals surface area contributed by atoms with Crippen molar-refractivity contribution in [3.8, 4) is 23.0 Å². The molecule has 3 aromatic carbocycles. The molecule has 3 rings (SSSR count). The molecule has 0 heterocycles. The van der Waals surface area contributed by atoms with Gasteiger partial charge in [-0.3, -0.25) is 9.59 Å². The Hall–Kier alpha value is -3.80. The van der Waals surface area contributed by atoms with Gasteiger partial charge in [-0.2, -0.15) is 5.10 Å². The lowest BCUT2D eigenvalue weighted by molar-refractivity contribution is -0.118. The predicted molar refractivity (Wildman–Crippen MR) is 150 cm³/mol. The van der Waals surface area contributed by atoms with E-state index in [4.69, 9.17) is 18.9 Å². The van der Waals surface area contributed by atoms with Crippen LogP contribution >= 0.6 is 22.6 Å². The minimum absolute atomic E-state index is 0.182. The molecule has 0 aliphatic carbocycles. The monoisotopic (exact) mass is 617 g/mol. The molecule has 0 fully saturated rings. The molecule has 0 spiro atoms. The second-order valence-corrected chi connectivity index (χ2v) is 8.90. The molecule has 0 aliphatic rings. The van der Waals surface area contributed by atoms with Crippen molar-refractivity contribution in [3.05, 3.63) is 74.9 Å². The molecule has 0 radical (unpaired) electrons. The fourth-order valence-electron chi connectivity index (χ4n) is 3.24. The second kappa shape index (κ2) is 13.5. The van der Waals surface area contributed by atoms with Crippen LogP contribution in [-0.2, 0) is 4.79 Å². The molecule has 0 bridgehead atoms. The summed E-state index contributed by atoms with van der Waals surface area (Å²) in [5.74, 6) is 1.19. The van der Waals surface area contributed by atoms with Gasteiger partial charge in [-0.15, -0.1) is 0 Å². The minimum atomic E-state index is -0.406. The number of ether oxygens (including phenoxy) is 4. The van der Waals surface area contributed by atoms with Crippen LogP contribution in [-0.4, -0.2) is 45.5 Å². The number of carbonyl (C=O) groups excluding carboxylic acids is 2. The number of carbonyl (C=O) groups is 2. The predicted octanol–water partition coefficient (Wildman–Crippen LogP) is 4.80. The average molecular weight is 617 g/mol. The molecule has 2 N–H and O–H groups in total. The van der Waals surface area contributed by atoms with Crippen molar-refractivity contribution in [3.63, 3.8) is 0 Å². The maximum atomic E-state index is 12.5. The van der Waals surface area contributed by atoms with E-state index in [0.717, 1.165) is 9.13 Å². The first-order chi connectivity index (χ1) is 17.8. The van der Waals surface area contributed by atoms with Crippen LogP contribution < -0.4 is 29.7 Å². The molecular weight excluding hydrogens is 589 g/mol. The van der Waals surface area contributed by atoms with Gasteiger partial charge in [-0.05, 0) is 84.5 Å². The first kappa shape index (κ1) is 27.8. The molecule has 0 unspecified atom stereocenters. The summed E-state index contributed by atoms with van der Waals surface area (Å²) in [6.45, 7) is 4.05. The van der Waals surface area contributed by atoms with Gasteiger partial charge >= 0.3 is 0 Å². The van der Waals surface area contributed by atoms with Gasteiger partial charge in [0.1, 0.15) is 0 Å². The van der Waals surface area contributed by atoms with Crippen molar-refractivity contribution in [1.29, 1.82) is 0 Å². The normalized spacial score (nSPS) is 10.6. The molecule has 37 heavy (non-hydrogen) atoms. The summed E-state index contributed by atoms with van der Waals surface area (Å²) >= 11 is 2.10.